The number of hydrogen-bond donors (Lipinski definition) is 2. The van der Waals surface area contributed by atoms with Crippen molar-refractivity contribution >= 4 is 5.69 Å². The van der Waals surface area contributed by atoms with E-state index in [1.807, 2.05) is 13.1 Å². The lowest BCUT2D eigenvalue weighted by Gasteiger charge is -2.27. The van der Waals surface area contributed by atoms with Crippen LogP contribution in [-0.2, 0) is 26.6 Å². The Balaban J connectivity index is 0.00000102. The fourth-order valence-corrected chi connectivity index (χ4v) is 3.49. The molecule has 0 radical (unpaired) electrons. The SMILES string of the molecule is CO.Cn1c(-c2ccc(F)cc2)nc2c1CN(Cc1ccccc1[NH3+])CC2. The first-order valence-corrected chi connectivity index (χ1v) is 8.99. The molecular formula is C21H26FN4O+. The molecule has 2 aromatic carbocycles. The Morgan fingerprint density at radius 2 is 1.81 bits per heavy atom. The molecule has 0 saturated carbocycles. The average molecular weight is 369 g/mol. The third-order valence-corrected chi connectivity index (χ3v) is 4.95. The van der Waals surface area contributed by atoms with E-state index in [-0.39, 0.29) is 5.82 Å². The van der Waals surface area contributed by atoms with Crippen molar-refractivity contribution in [3.05, 3.63) is 71.3 Å². The molecule has 0 unspecified atom stereocenters. The van der Waals surface area contributed by atoms with Gasteiger partial charge in [0, 0.05) is 51.3 Å². The predicted octanol–water partition coefficient (Wildman–Crippen LogP) is 2.27. The van der Waals surface area contributed by atoms with E-state index in [2.05, 4.69) is 33.4 Å². The largest absolute Gasteiger partial charge is 0.400 e. The fraction of sp³-hybridized carbons (Fsp3) is 0.286. The van der Waals surface area contributed by atoms with Gasteiger partial charge in [0.2, 0.25) is 0 Å². The molecule has 6 heteroatoms. The topological polar surface area (TPSA) is 68.9 Å². The third kappa shape index (κ3) is 4.08. The molecule has 0 fully saturated rings. The quantitative estimate of drug-likeness (QED) is 0.744. The molecule has 0 saturated heterocycles. The fourth-order valence-electron chi connectivity index (χ4n) is 3.49. The monoisotopic (exact) mass is 369 g/mol. The molecule has 0 amide bonds. The highest BCUT2D eigenvalue weighted by Crippen LogP contribution is 2.27. The second-order valence-corrected chi connectivity index (χ2v) is 6.62. The lowest BCUT2D eigenvalue weighted by molar-refractivity contribution is -0.256. The highest BCUT2D eigenvalue weighted by molar-refractivity contribution is 5.57. The molecule has 1 aromatic heterocycles. The summed E-state index contributed by atoms with van der Waals surface area (Å²) in [6.07, 6.45) is 0.934. The molecule has 27 heavy (non-hydrogen) atoms. The Labute approximate surface area is 158 Å². The summed E-state index contributed by atoms with van der Waals surface area (Å²) in [5.74, 6) is 0.685. The van der Waals surface area contributed by atoms with Crippen LogP contribution in [0.15, 0.2) is 48.5 Å². The minimum Gasteiger partial charge on any atom is -0.400 e. The average Bonchev–Trinajstić information content (AvgIpc) is 3.02. The van der Waals surface area contributed by atoms with Gasteiger partial charge < -0.3 is 15.4 Å². The van der Waals surface area contributed by atoms with Gasteiger partial charge >= 0.3 is 0 Å². The van der Waals surface area contributed by atoms with Gasteiger partial charge in [-0.3, -0.25) is 4.90 Å². The zero-order chi connectivity index (χ0) is 19.4. The minimum atomic E-state index is -0.222. The van der Waals surface area contributed by atoms with E-state index in [0.29, 0.717) is 0 Å². The predicted molar refractivity (Wildman–Crippen MR) is 104 cm³/mol. The van der Waals surface area contributed by atoms with Gasteiger partial charge in [0.05, 0.1) is 11.4 Å². The number of imidazole rings is 1. The first-order valence-electron chi connectivity index (χ1n) is 8.99. The lowest BCUT2D eigenvalue weighted by atomic mass is 10.1. The molecule has 0 spiro atoms. The molecule has 4 N–H and O–H groups in total. The Kier molecular flexibility index (Phi) is 6.01. The molecular weight excluding hydrogens is 343 g/mol. The van der Waals surface area contributed by atoms with Crippen LogP contribution in [-0.4, -0.2) is 33.2 Å². The van der Waals surface area contributed by atoms with Crippen LogP contribution in [0.5, 0.6) is 0 Å². The summed E-state index contributed by atoms with van der Waals surface area (Å²) in [6, 6.07) is 14.8. The zero-order valence-corrected chi connectivity index (χ0v) is 15.8. The zero-order valence-electron chi connectivity index (χ0n) is 15.8. The van der Waals surface area contributed by atoms with Gasteiger partial charge in [-0.15, -0.1) is 0 Å². The summed E-state index contributed by atoms with van der Waals surface area (Å²) in [5, 5.41) is 7.00. The van der Waals surface area contributed by atoms with Crippen LogP contribution < -0.4 is 5.73 Å². The number of hydrogen-bond acceptors (Lipinski definition) is 3. The number of aliphatic hydroxyl groups is 1. The number of quaternary nitrogens is 1. The number of halogens is 1. The van der Waals surface area contributed by atoms with Crippen LogP contribution in [0.25, 0.3) is 11.4 Å². The van der Waals surface area contributed by atoms with Crippen LogP contribution in [0.1, 0.15) is 17.0 Å². The Morgan fingerprint density at radius 3 is 2.52 bits per heavy atom. The standard InChI is InChI=1S/C20H21FN4.CH4O/c1-24-19-13-25(12-15-4-2-3-5-17(15)22)11-10-18(19)23-20(24)14-6-8-16(21)9-7-14;1-2/h2-9H,10-13,22H2,1H3;2H,1H3/p+1. The molecule has 3 aromatic rings. The minimum absolute atomic E-state index is 0.222. The summed E-state index contributed by atoms with van der Waals surface area (Å²) in [5.41, 5.74) is 9.83. The molecule has 5 nitrogen and oxygen atoms in total. The van der Waals surface area contributed by atoms with Crippen molar-refractivity contribution in [1.29, 1.82) is 0 Å². The van der Waals surface area contributed by atoms with E-state index in [4.69, 9.17) is 10.1 Å². The smallest absolute Gasteiger partial charge is 0.140 e. The van der Waals surface area contributed by atoms with Crippen molar-refractivity contribution in [1.82, 2.24) is 14.5 Å². The van der Waals surface area contributed by atoms with Crippen LogP contribution >= 0.6 is 0 Å². The third-order valence-electron chi connectivity index (χ3n) is 4.95. The van der Waals surface area contributed by atoms with Gasteiger partial charge in [-0.2, -0.15) is 0 Å². The molecule has 1 aliphatic heterocycles. The second kappa shape index (κ2) is 8.43. The van der Waals surface area contributed by atoms with E-state index in [9.17, 15) is 4.39 Å². The maximum Gasteiger partial charge on any atom is 0.140 e. The van der Waals surface area contributed by atoms with Crippen LogP contribution in [0.3, 0.4) is 0 Å². The van der Waals surface area contributed by atoms with E-state index in [1.165, 1.54) is 23.4 Å². The first kappa shape index (κ1) is 19.2. The van der Waals surface area contributed by atoms with E-state index in [0.717, 1.165) is 55.9 Å². The van der Waals surface area contributed by atoms with Crippen molar-refractivity contribution in [2.75, 3.05) is 13.7 Å². The van der Waals surface area contributed by atoms with Gasteiger partial charge in [-0.05, 0) is 30.3 Å². The van der Waals surface area contributed by atoms with Crippen molar-refractivity contribution in [2.24, 2.45) is 7.05 Å². The lowest BCUT2D eigenvalue weighted by Crippen LogP contribution is -2.42. The summed E-state index contributed by atoms with van der Waals surface area (Å²) >= 11 is 0. The number of nitrogens with zero attached hydrogens (tertiary/aromatic N) is 3. The summed E-state index contributed by atoms with van der Waals surface area (Å²) < 4.78 is 15.3. The number of aliphatic hydroxyl groups excluding tert-OH is 1. The molecule has 0 atom stereocenters. The highest BCUT2D eigenvalue weighted by Gasteiger charge is 2.23. The van der Waals surface area contributed by atoms with Crippen LogP contribution in [0.4, 0.5) is 10.1 Å². The van der Waals surface area contributed by atoms with Gasteiger partial charge in [-0.1, -0.05) is 18.2 Å². The van der Waals surface area contributed by atoms with Crippen LogP contribution in [0.2, 0.25) is 0 Å². The highest BCUT2D eigenvalue weighted by atomic mass is 19.1. The van der Waals surface area contributed by atoms with Gasteiger partial charge in [0.1, 0.15) is 17.3 Å². The Hall–Kier alpha value is -2.54. The second-order valence-electron chi connectivity index (χ2n) is 6.62. The summed E-state index contributed by atoms with van der Waals surface area (Å²) in [4.78, 5) is 7.24. The van der Waals surface area contributed by atoms with Crippen molar-refractivity contribution < 1.29 is 15.2 Å². The number of rotatable bonds is 3. The number of aromatic nitrogens is 2. The van der Waals surface area contributed by atoms with Gasteiger partial charge in [-0.25, -0.2) is 9.37 Å². The van der Waals surface area contributed by atoms with Gasteiger partial charge in [0.25, 0.3) is 0 Å². The molecule has 1 aliphatic rings. The van der Waals surface area contributed by atoms with E-state index in [1.54, 1.807) is 12.1 Å². The van der Waals surface area contributed by atoms with E-state index >= 15 is 0 Å². The number of benzene rings is 2. The van der Waals surface area contributed by atoms with Gasteiger partial charge in [0.15, 0.2) is 0 Å². The summed E-state index contributed by atoms with van der Waals surface area (Å²) in [6.45, 7) is 2.76. The summed E-state index contributed by atoms with van der Waals surface area (Å²) in [7, 11) is 3.04. The first-order chi connectivity index (χ1) is 13.1. The molecule has 142 valence electrons. The van der Waals surface area contributed by atoms with E-state index < -0.39 is 0 Å². The van der Waals surface area contributed by atoms with Crippen LogP contribution in [0, 0.1) is 5.82 Å². The maximum absolute atomic E-state index is 13.2. The Bertz CT molecular complexity index is 905. The Morgan fingerprint density at radius 1 is 1.11 bits per heavy atom. The molecule has 0 aliphatic carbocycles. The number of fused-ring (bicyclic) bond motifs is 1. The van der Waals surface area contributed by atoms with Crippen molar-refractivity contribution in [3.63, 3.8) is 0 Å². The van der Waals surface area contributed by atoms with Crippen molar-refractivity contribution in [3.8, 4) is 11.4 Å². The van der Waals surface area contributed by atoms with Crippen molar-refractivity contribution in [2.45, 2.75) is 19.5 Å². The molecule has 0 bridgehead atoms. The maximum atomic E-state index is 13.2. The normalized spacial score (nSPS) is 13.7. The molecule has 4 rings (SSSR count). The molecule has 2 heterocycles.